The lowest BCUT2D eigenvalue weighted by molar-refractivity contribution is 0.187. The number of ether oxygens (including phenoxy) is 1. The third-order valence-electron chi connectivity index (χ3n) is 4.14. The number of halogens is 1. The van der Waals surface area contributed by atoms with Crippen LogP contribution in [0.25, 0.3) is 0 Å². The van der Waals surface area contributed by atoms with E-state index in [-0.39, 0.29) is 0 Å². The minimum atomic E-state index is 0.332. The molecule has 0 bridgehead atoms. The molecule has 2 unspecified atom stereocenters. The van der Waals surface area contributed by atoms with Crippen LogP contribution in [-0.2, 0) is 12.8 Å². The van der Waals surface area contributed by atoms with Gasteiger partial charge in [-0.25, -0.2) is 0 Å². The van der Waals surface area contributed by atoms with Gasteiger partial charge in [0.25, 0.3) is 0 Å². The first-order chi connectivity index (χ1) is 10.3. The zero-order chi connectivity index (χ0) is 14.7. The van der Waals surface area contributed by atoms with Gasteiger partial charge in [-0.1, -0.05) is 29.8 Å². The van der Waals surface area contributed by atoms with Crippen LogP contribution in [0, 0.1) is 5.92 Å². The summed E-state index contributed by atoms with van der Waals surface area (Å²) in [7, 11) is 2.00. The molecule has 3 rings (SSSR count). The van der Waals surface area contributed by atoms with Crippen molar-refractivity contribution in [3.8, 4) is 5.75 Å². The molecule has 1 aliphatic heterocycles. The van der Waals surface area contributed by atoms with Crippen LogP contribution in [0.2, 0.25) is 5.02 Å². The lowest BCUT2D eigenvalue weighted by Crippen LogP contribution is -2.41. The first-order valence-electron chi connectivity index (χ1n) is 7.24. The number of hydrogen-bond acceptors (Lipinski definition) is 3. The van der Waals surface area contributed by atoms with Crippen LogP contribution in [0.1, 0.15) is 11.1 Å². The third-order valence-corrected chi connectivity index (χ3v) is 4.48. The summed E-state index contributed by atoms with van der Waals surface area (Å²) in [5, 5.41) is 4.15. The molecular weight excluding hydrogens is 284 g/mol. The minimum absolute atomic E-state index is 0.332. The Morgan fingerprint density at radius 2 is 2.24 bits per heavy atom. The fraction of sp³-hybridized carbons (Fsp3) is 0.353. The predicted octanol–water partition coefficient (Wildman–Crippen LogP) is 3.12. The highest BCUT2D eigenvalue weighted by Gasteiger charge is 2.27. The second kappa shape index (κ2) is 6.46. The highest BCUT2D eigenvalue weighted by Crippen LogP contribution is 2.29. The van der Waals surface area contributed by atoms with Gasteiger partial charge in [0, 0.05) is 24.4 Å². The maximum atomic E-state index is 6.22. The molecule has 1 aromatic carbocycles. The number of nitrogens with one attached hydrogen (secondary N) is 1. The molecule has 2 heterocycles. The van der Waals surface area contributed by atoms with E-state index in [1.807, 2.05) is 25.2 Å². The number of fused-ring (bicyclic) bond motifs is 1. The van der Waals surface area contributed by atoms with E-state index < -0.39 is 0 Å². The molecule has 1 N–H and O–H groups in total. The molecule has 0 spiro atoms. The second-order valence-electron chi connectivity index (χ2n) is 5.45. The standard InChI is InChI=1S/C17H19ClN2O/c1-19-16(9-12-6-7-20-10-15(12)18)14-8-13-4-2-3-5-17(13)21-11-14/h2-7,10,14,16,19H,8-9,11H2,1H3. The highest BCUT2D eigenvalue weighted by molar-refractivity contribution is 6.31. The highest BCUT2D eigenvalue weighted by atomic mass is 35.5. The van der Waals surface area contributed by atoms with Crippen LogP contribution in [0.15, 0.2) is 42.7 Å². The molecule has 0 fully saturated rings. The lowest BCUT2D eigenvalue weighted by atomic mass is 9.87. The smallest absolute Gasteiger partial charge is 0.122 e. The van der Waals surface area contributed by atoms with Gasteiger partial charge in [0.2, 0.25) is 0 Å². The second-order valence-corrected chi connectivity index (χ2v) is 5.86. The number of para-hydroxylation sites is 1. The average Bonchev–Trinajstić information content (AvgIpc) is 2.54. The third kappa shape index (κ3) is 3.20. The van der Waals surface area contributed by atoms with Crippen molar-refractivity contribution < 1.29 is 4.74 Å². The van der Waals surface area contributed by atoms with Crippen molar-refractivity contribution in [2.45, 2.75) is 18.9 Å². The maximum absolute atomic E-state index is 6.22. The first-order valence-corrected chi connectivity index (χ1v) is 7.62. The van der Waals surface area contributed by atoms with Crippen LogP contribution < -0.4 is 10.1 Å². The summed E-state index contributed by atoms with van der Waals surface area (Å²) in [5.41, 5.74) is 2.42. The molecule has 0 saturated heterocycles. The molecule has 0 amide bonds. The number of rotatable bonds is 4. The Bertz CT molecular complexity index is 617. The van der Waals surface area contributed by atoms with Gasteiger partial charge in [-0.3, -0.25) is 4.98 Å². The Morgan fingerprint density at radius 3 is 3.05 bits per heavy atom. The van der Waals surface area contributed by atoms with E-state index in [0.717, 1.165) is 35.8 Å². The van der Waals surface area contributed by atoms with Crippen molar-refractivity contribution >= 4 is 11.6 Å². The maximum Gasteiger partial charge on any atom is 0.122 e. The quantitative estimate of drug-likeness (QED) is 0.942. The van der Waals surface area contributed by atoms with Crippen LogP contribution in [0.4, 0.5) is 0 Å². The van der Waals surface area contributed by atoms with E-state index >= 15 is 0 Å². The fourth-order valence-corrected chi connectivity index (χ4v) is 3.12. The topological polar surface area (TPSA) is 34.2 Å². The fourth-order valence-electron chi connectivity index (χ4n) is 2.92. The summed E-state index contributed by atoms with van der Waals surface area (Å²) in [6.07, 6.45) is 5.41. The number of likely N-dealkylation sites (N-methyl/N-ethyl adjacent to an activating group) is 1. The molecule has 2 aromatic rings. The van der Waals surface area contributed by atoms with Crippen LogP contribution >= 0.6 is 11.6 Å². The Morgan fingerprint density at radius 1 is 1.38 bits per heavy atom. The normalized spacial score (nSPS) is 18.7. The number of nitrogens with zero attached hydrogens (tertiary/aromatic N) is 1. The van der Waals surface area contributed by atoms with E-state index in [9.17, 15) is 0 Å². The van der Waals surface area contributed by atoms with E-state index in [4.69, 9.17) is 16.3 Å². The largest absolute Gasteiger partial charge is 0.493 e. The van der Waals surface area contributed by atoms with Gasteiger partial charge in [0.05, 0.1) is 11.6 Å². The number of hydrogen-bond donors (Lipinski definition) is 1. The molecule has 0 radical (unpaired) electrons. The number of benzene rings is 1. The van der Waals surface area contributed by atoms with Crippen molar-refractivity contribution in [1.29, 1.82) is 0 Å². The minimum Gasteiger partial charge on any atom is -0.493 e. The number of aromatic nitrogens is 1. The summed E-state index contributed by atoms with van der Waals surface area (Å²) in [4.78, 5) is 4.04. The average molecular weight is 303 g/mol. The Kier molecular flexibility index (Phi) is 4.42. The molecule has 1 aromatic heterocycles. The summed E-state index contributed by atoms with van der Waals surface area (Å²) < 4.78 is 5.90. The van der Waals surface area contributed by atoms with E-state index in [2.05, 4.69) is 22.4 Å². The van der Waals surface area contributed by atoms with Crippen molar-refractivity contribution in [3.63, 3.8) is 0 Å². The van der Waals surface area contributed by atoms with Gasteiger partial charge in [-0.05, 0) is 43.1 Å². The lowest BCUT2D eigenvalue weighted by Gasteiger charge is -2.31. The molecule has 110 valence electrons. The van der Waals surface area contributed by atoms with Crippen LogP contribution in [0.5, 0.6) is 5.75 Å². The van der Waals surface area contributed by atoms with E-state index in [1.165, 1.54) is 5.56 Å². The van der Waals surface area contributed by atoms with Crippen molar-refractivity contribution in [2.24, 2.45) is 5.92 Å². The molecule has 0 aliphatic carbocycles. The Labute approximate surface area is 130 Å². The van der Waals surface area contributed by atoms with Crippen molar-refractivity contribution in [2.75, 3.05) is 13.7 Å². The Hall–Kier alpha value is -1.58. The predicted molar refractivity (Wildman–Crippen MR) is 84.9 cm³/mol. The molecule has 1 aliphatic rings. The van der Waals surface area contributed by atoms with Crippen LogP contribution in [-0.4, -0.2) is 24.7 Å². The summed E-state index contributed by atoms with van der Waals surface area (Å²) in [6, 6.07) is 10.6. The van der Waals surface area contributed by atoms with Crippen molar-refractivity contribution in [3.05, 3.63) is 58.9 Å². The molecule has 2 atom stereocenters. The SMILES string of the molecule is CNC(Cc1ccncc1Cl)C1COc2ccccc2C1. The van der Waals surface area contributed by atoms with Crippen LogP contribution in [0.3, 0.4) is 0 Å². The van der Waals surface area contributed by atoms with Gasteiger partial charge >= 0.3 is 0 Å². The molecule has 21 heavy (non-hydrogen) atoms. The first kappa shape index (κ1) is 14.4. The van der Waals surface area contributed by atoms with Gasteiger partial charge in [-0.2, -0.15) is 0 Å². The Balaban J connectivity index is 1.74. The monoisotopic (exact) mass is 302 g/mol. The van der Waals surface area contributed by atoms with E-state index in [0.29, 0.717) is 12.0 Å². The van der Waals surface area contributed by atoms with Crippen molar-refractivity contribution in [1.82, 2.24) is 10.3 Å². The zero-order valence-corrected chi connectivity index (χ0v) is 12.8. The summed E-state index contributed by atoms with van der Waals surface area (Å²) in [5.74, 6) is 1.46. The number of pyridine rings is 1. The molecule has 0 saturated carbocycles. The molecule has 3 nitrogen and oxygen atoms in total. The van der Waals surface area contributed by atoms with E-state index in [1.54, 1.807) is 12.4 Å². The summed E-state index contributed by atoms with van der Waals surface area (Å²) >= 11 is 6.22. The summed E-state index contributed by atoms with van der Waals surface area (Å²) in [6.45, 7) is 0.741. The zero-order valence-electron chi connectivity index (χ0n) is 12.1. The van der Waals surface area contributed by atoms with Gasteiger partial charge < -0.3 is 10.1 Å². The van der Waals surface area contributed by atoms with Gasteiger partial charge in [0.1, 0.15) is 5.75 Å². The molecular formula is C17H19ClN2O. The van der Waals surface area contributed by atoms with Gasteiger partial charge in [-0.15, -0.1) is 0 Å². The van der Waals surface area contributed by atoms with Gasteiger partial charge in [0.15, 0.2) is 0 Å². The molecule has 4 heteroatoms.